The molecule has 1 amide bonds. The van der Waals surface area contributed by atoms with E-state index in [9.17, 15) is 9.59 Å². The van der Waals surface area contributed by atoms with Gasteiger partial charge in [-0.05, 0) is 42.4 Å². The number of amides is 1. The molecule has 0 aliphatic heterocycles. The summed E-state index contributed by atoms with van der Waals surface area (Å²) >= 11 is 0. The van der Waals surface area contributed by atoms with E-state index >= 15 is 0 Å². The predicted molar refractivity (Wildman–Crippen MR) is 112 cm³/mol. The van der Waals surface area contributed by atoms with E-state index in [2.05, 4.69) is 34.6 Å². The maximum absolute atomic E-state index is 13.1. The summed E-state index contributed by atoms with van der Waals surface area (Å²) in [4.78, 5) is 33.3. The quantitative estimate of drug-likeness (QED) is 0.663. The van der Waals surface area contributed by atoms with Crippen LogP contribution in [-0.2, 0) is 11.2 Å². The molecule has 0 saturated heterocycles. The third-order valence-corrected chi connectivity index (χ3v) is 6.26. The van der Waals surface area contributed by atoms with Crippen molar-refractivity contribution in [3.05, 3.63) is 88.5 Å². The number of carbonyl (C=O) groups is 1. The number of nitrogens with one attached hydrogen (secondary N) is 2. The van der Waals surface area contributed by atoms with Crippen molar-refractivity contribution in [2.45, 2.75) is 18.8 Å². The Hall–Kier alpha value is -3.21. The number of fused-ring (bicyclic) bond motifs is 3. The highest BCUT2D eigenvalue weighted by Crippen LogP contribution is 2.52. The van der Waals surface area contributed by atoms with Crippen LogP contribution in [0.15, 0.2) is 71.5 Å². The molecule has 3 aromatic rings. The summed E-state index contributed by atoms with van der Waals surface area (Å²) in [6.45, 7) is 0.606. The van der Waals surface area contributed by atoms with E-state index < -0.39 is 0 Å². The first-order valence-electron chi connectivity index (χ1n) is 10.2. The van der Waals surface area contributed by atoms with Gasteiger partial charge in [-0.25, -0.2) is 4.98 Å². The van der Waals surface area contributed by atoms with Gasteiger partial charge >= 0.3 is 0 Å². The van der Waals surface area contributed by atoms with E-state index in [-0.39, 0.29) is 35.1 Å². The lowest BCUT2D eigenvalue weighted by Crippen LogP contribution is -2.38. The number of benzene rings is 2. The molecule has 1 heterocycles. The van der Waals surface area contributed by atoms with E-state index in [1.165, 1.54) is 5.56 Å². The molecule has 29 heavy (non-hydrogen) atoms. The monoisotopic (exact) mass is 385 g/mol. The standard InChI is InChI=1S/C24H23N3O2/c28-23-18-8-4-5-9-19(18)26-22(27-23)20-16-10-11-17(14-16)21(20)24(29)25-13-12-15-6-2-1-3-7-15/h1-11,16-17,20-21H,12-14H2,(H,25,29)(H,26,27,28). The minimum atomic E-state index is -0.190. The summed E-state index contributed by atoms with van der Waals surface area (Å²) in [5, 5.41) is 3.70. The smallest absolute Gasteiger partial charge is 0.258 e. The molecule has 1 aromatic heterocycles. The van der Waals surface area contributed by atoms with Crippen LogP contribution in [0.3, 0.4) is 0 Å². The molecule has 4 unspecified atom stereocenters. The van der Waals surface area contributed by atoms with Gasteiger partial charge in [0.25, 0.3) is 5.56 Å². The highest BCUT2D eigenvalue weighted by atomic mass is 16.2. The Balaban J connectivity index is 1.38. The Morgan fingerprint density at radius 3 is 2.66 bits per heavy atom. The van der Waals surface area contributed by atoms with Crippen LogP contribution in [0.5, 0.6) is 0 Å². The van der Waals surface area contributed by atoms with Crippen LogP contribution in [-0.4, -0.2) is 22.4 Å². The van der Waals surface area contributed by atoms with Gasteiger partial charge in [0.05, 0.1) is 16.8 Å². The lowest BCUT2D eigenvalue weighted by molar-refractivity contribution is -0.126. The van der Waals surface area contributed by atoms with Gasteiger partial charge in [-0.1, -0.05) is 54.6 Å². The summed E-state index contributed by atoms with van der Waals surface area (Å²) in [5.74, 6) is 0.865. The highest BCUT2D eigenvalue weighted by molar-refractivity contribution is 5.82. The Bertz CT molecular complexity index is 1140. The van der Waals surface area contributed by atoms with E-state index in [0.29, 0.717) is 23.3 Å². The summed E-state index contributed by atoms with van der Waals surface area (Å²) in [6, 6.07) is 17.5. The van der Waals surface area contributed by atoms with Crippen molar-refractivity contribution in [2.24, 2.45) is 17.8 Å². The van der Waals surface area contributed by atoms with E-state index in [0.717, 1.165) is 12.8 Å². The normalized spacial score (nSPS) is 24.8. The Labute approximate surface area is 168 Å². The van der Waals surface area contributed by atoms with Gasteiger partial charge in [0.1, 0.15) is 5.82 Å². The number of hydrogen-bond acceptors (Lipinski definition) is 3. The number of allylic oxidation sites excluding steroid dienone is 2. The van der Waals surface area contributed by atoms with Gasteiger partial charge in [-0.15, -0.1) is 0 Å². The Kier molecular flexibility index (Phi) is 4.51. The molecule has 2 aliphatic carbocycles. The highest BCUT2D eigenvalue weighted by Gasteiger charge is 2.49. The van der Waals surface area contributed by atoms with Crippen LogP contribution in [0.25, 0.3) is 10.9 Å². The fraction of sp³-hybridized carbons (Fsp3) is 0.292. The zero-order valence-corrected chi connectivity index (χ0v) is 16.0. The minimum absolute atomic E-state index is 0.0542. The number of aromatic amines is 1. The van der Waals surface area contributed by atoms with Crippen LogP contribution in [0.2, 0.25) is 0 Å². The van der Waals surface area contributed by atoms with Gasteiger partial charge in [0, 0.05) is 12.5 Å². The van der Waals surface area contributed by atoms with E-state index in [4.69, 9.17) is 4.98 Å². The van der Waals surface area contributed by atoms with Gasteiger partial charge in [-0.2, -0.15) is 0 Å². The molecule has 2 N–H and O–H groups in total. The predicted octanol–water partition coefficient (Wildman–Crippen LogP) is 3.19. The molecule has 5 rings (SSSR count). The maximum Gasteiger partial charge on any atom is 0.258 e. The number of aromatic nitrogens is 2. The van der Waals surface area contributed by atoms with Gasteiger partial charge in [0.2, 0.25) is 5.91 Å². The van der Waals surface area contributed by atoms with Crippen molar-refractivity contribution in [3.63, 3.8) is 0 Å². The first-order valence-corrected chi connectivity index (χ1v) is 10.2. The van der Waals surface area contributed by atoms with Crippen LogP contribution in [0, 0.1) is 17.8 Å². The van der Waals surface area contributed by atoms with Crippen molar-refractivity contribution in [1.29, 1.82) is 0 Å². The molecule has 4 atom stereocenters. The van der Waals surface area contributed by atoms with Gasteiger partial charge in [0.15, 0.2) is 0 Å². The van der Waals surface area contributed by atoms with Crippen molar-refractivity contribution in [3.8, 4) is 0 Å². The number of rotatable bonds is 5. The van der Waals surface area contributed by atoms with Gasteiger partial charge < -0.3 is 10.3 Å². The minimum Gasteiger partial charge on any atom is -0.355 e. The maximum atomic E-state index is 13.1. The van der Waals surface area contributed by atoms with Crippen LogP contribution < -0.4 is 10.9 Å². The lowest BCUT2D eigenvalue weighted by Gasteiger charge is -2.26. The van der Waals surface area contributed by atoms with Crippen molar-refractivity contribution < 1.29 is 4.79 Å². The van der Waals surface area contributed by atoms with Crippen LogP contribution in [0.4, 0.5) is 0 Å². The molecule has 0 spiro atoms. The second-order valence-electron chi connectivity index (χ2n) is 7.99. The fourth-order valence-electron chi connectivity index (χ4n) is 4.91. The molecule has 5 heteroatoms. The molecule has 5 nitrogen and oxygen atoms in total. The molecule has 2 aromatic carbocycles. The fourth-order valence-corrected chi connectivity index (χ4v) is 4.91. The SMILES string of the molecule is O=C(NCCc1ccccc1)C1C2C=CC(C2)C1c1nc2ccccc2c(=O)[nH]1. The number of H-pyrrole nitrogens is 1. The Morgan fingerprint density at radius 2 is 1.79 bits per heavy atom. The molecule has 0 radical (unpaired) electrons. The second-order valence-corrected chi connectivity index (χ2v) is 7.99. The summed E-state index contributed by atoms with van der Waals surface area (Å²) in [6.07, 6.45) is 6.08. The number of carbonyl (C=O) groups excluding carboxylic acids is 1. The average molecular weight is 385 g/mol. The number of hydrogen-bond donors (Lipinski definition) is 2. The molecular weight excluding hydrogens is 362 g/mol. The van der Waals surface area contributed by atoms with Crippen molar-refractivity contribution in [2.75, 3.05) is 6.54 Å². The third kappa shape index (κ3) is 3.27. The number of nitrogens with zero attached hydrogens (tertiary/aromatic N) is 1. The number of para-hydroxylation sites is 1. The van der Waals surface area contributed by atoms with Crippen molar-refractivity contribution >= 4 is 16.8 Å². The van der Waals surface area contributed by atoms with Gasteiger partial charge in [-0.3, -0.25) is 9.59 Å². The van der Waals surface area contributed by atoms with Crippen molar-refractivity contribution in [1.82, 2.24) is 15.3 Å². The topological polar surface area (TPSA) is 74.8 Å². The Morgan fingerprint density at radius 1 is 1.03 bits per heavy atom. The molecular formula is C24H23N3O2. The van der Waals surface area contributed by atoms with Crippen LogP contribution in [0.1, 0.15) is 23.7 Å². The van der Waals surface area contributed by atoms with E-state index in [1.807, 2.05) is 36.4 Å². The largest absolute Gasteiger partial charge is 0.355 e. The lowest BCUT2D eigenvalue weighted by atomic mass is 9.81. The summed E-state index contributed by atoms with van der Waals surface area (Å²) in [7, 11) is 0. The zero-order chi connectivity index (χ0) is 19.8. The average Bonchev–Trinajstić information content (AvgIpc) is 3.36. The first kappa shape index (κ1) is 17.9. The molecule has 1 fully saturated rings. The molecule has 2 aliphatic rings. The molecule has 146 valence electrons. The first-order chi connectivity index (χ1) is 14.2. The zero-order valence-electron chi connectivity index (χ0n) is 16.0. The molecule has 2 bridgehead atoms. The summed E-state index contributed by atoms with van der Waals surface area (Å²) in [5.41, 5.74) is 1.75. The van der Waals surface area contributed by atoms with Crippen LogP contribution >= 0.6 is 0 Å². The second kappa shape index (κ2) is 7.32. The summed E-state index contributed by atoms with van der Waals surface area (Å²) < 4.78 is 0. The molecule has 1 saturated carbocycles. The third-order valence-electron chi connectivity index (χ3n) is 6.26. The van der Waals surface area contributed by atoms with E-state index in [1.54, 1.807) is 6.07 Å².